The van der Waals surface area contributed by atoms with Gasteiger partial charge >= 0.3 is 0 Å². The average Bonchev–Trinajstić information content (AvgIpc) is 2.71. The normalized spacial score (nSPS) is 10.9. The summed E-state index contributed by atoms with van der Waals surface area (Å²) in [7, 11) is 0. The van der Waals surface area contributed by atoms with Gasteiger partial charge in [0.05, 0.1) is 16.6 Å². The monoisotopic (exact) mass is 374 g/mol. The Bertz CT molecular complexity index is 1070. The summed E-state index contributed by atoms with van der Waals surface area (Å²) < 4.78 is 19.0. The average molecular weight is 374 g/mol. The van der Waals surface area contributed by atoms with E-state index in [1.165, 1.54) is 24.3 Å². The Morgan fingerprint density at radius 1 is 1.11 bits per heavy atom. The number of nitriles is 1. The van der Waals surface area contributed by atoms with Crippen LogP contribution >= 0.6 is 0 Å². The van der Waals surface area contributed by atoms with Crippen molar-refractivity contribution < 1.29 is 14.1 Å². The molecule has 0 unspecified atom stereocenters. The number of nitrogens with zero attached hydrogens (tertiary/aromatic N) is 2. The lowest BCUT2D eigenvalue weighted by Gasteiger charge is -2.07. The van der Waals surface area contributed by atoms with Crippen molar-refractivity contribution in [2.75, 3.05) is 0 Å². The van der Waals surface area contributed by atoms with Gasteiger partial charge in [-0.15, -0.1) is 0 Å². The summed E-state index contributed by atoms with van der Waals surface area (Å²) in [6.07, 6.45) is 1.67. The zero-order valence-corrected chi connectivity index (χ0v) is 14.7. The number of hydrogen-bond acceptors (Lipinski definition) is 4. The second kappa shape index (κ2) is 8.60. The van der Waals surface area contributed by atoms with E-state index in [9.17, 15) is 19.8 Å². The highest BCUT2D eigenvalue weighted by Crippen LogP contribution is 2.21. The molecule has 6 heteroatoms. The van der Waals surface area contributed by atoms with E-state index in [2.05, 4.69) is 6.07 Å². The molecule has 138 valence electrons. The summed E-state index contributed by atoms with van der Waals surface area (Å²) in [5, 5.41) is 20.2. The number of nitro benzene ring substituents is 1. The molecule has 0 fully saturated rings. The molecule has 0 atom stereocenters. The zero-order chi connectivity index (χ0) is 19.9. The molecule has 0 spiro atoms. The first-order valence-corrected chi connectivity index (χ1v) is 8.39. The molecule has 28 heavy (non-hydrogen) atoms. The minimum atomic E-state index is -0.448. The predicted octanol–water partition coefficient (Wildman–Crippen LogP) is 5.38. The molecule has 0 N–H and O–H groups in total. The quantitative estimate of drug-likeness (QED) is 0.251. The SMILES string of the molecule is N#C/C(=C/c1ccc(OCc2cccc([N+](=O)[O-])c2)cc1)c1cccc(F)c1. The Balaban J connectivity index is 1.70. The fourth-order valence-electron chi connectivity index (χ4n) is 2.59. The maximum atomic E-state index is 13.4. The number of non-ortho nitro benzene ring substituents is 1. The number of ether oxygens (including phenoxy) is 1. The molecule has 3 aromatic rings. The first kappa shape index (κ1) is 18.8. The first-order chi connectivity index (χ1) is 13.5. The van der Waals surface area contributed by atoms with E-state index < -0.39 is 10.7 Å². The third kappa shape index (κ3) is 4.80. The first-order valence-electron chi connectivity index (χ1n) is 8.39. The number of nitro groups is 1. The summed E-state index contributed by atoms with van der Waals surface area (Å²) in [4.78, 5) is 10.4. The number of halogens is 1. The van der Waals surface area contributed by atoms with Crippen LogP contribution in [0.2, 0.25) is 0 Å². The van der Waals surface area contributed by atoms with Crippen molar-refractivity contribution in [3.05, 3.63) is 105 Å². The Morgan fingerprint density at radius 2 is 1.86 bits per heavy atom. The summed E-state index contributed by atoms with van der Waals surface area (Å²) in [6.45, 7) is 0.198. The lowest BCUT2D eigenvalue weighted by molar-refractivity contribution is -0.384. The Morgan fingerprint density at radius 3 is 2.54 bits per heavy atom. The molecule has 0 aliphatic rings. The van der Waals surface area contributed by atoms with Crippen molar-refractivity contribution in [3.63, 3.8) is 0 Å². The van der Waals surface area contributed by atoms with E-state index in [1.807, 2.05) is 0 Å². The van der Waals surface area contributed by atoms with Crippen LogP contribution in [0.4, 0.5) is 10.1 Å². The summed E-state index contributed by atoms with van der Waals surface area (Å²) in [5.41, 5.74) is 2.33. The van der Waals surface area contributed by atoms with E-state index in [0.29, 0.717) is 22.4 Å². The van der Waals surface area contributed by atoms with Gasteiger partial charge in [0.2, 0.25) is 0 Å². The molecule has 0 bridgehead atoms. The van der Waals surface area contributed by atoms with Crippen LogP contribution in [-0.4, -0.2) is 4.92 Å². The van der Waals surface area contributed by atoms with Crippen molar-refractivity contribution in [2.45, 2.75) is 6.61 Å². The second-order valence-corrected chi connectivity index (χ2v) is 5.96. The van der Waals surface area contributed by atoms with Crippen LogP contribution in [0.5, 0.6) is 5.75 Å². The lowest BCUT2D eigenvalue weighted by atomic mass is 10.0. The fraction of sp³-hybridized carbons (Fsp3) is 0.0455. The third-order valence-electron chi connectivity index (χ3n) is 3.97. The van der Waals surface area contributed by atoms with Crippen LogP contribution in [0.15, 0.2) is 72.8 Å². The Labute approximate surface area is 161 Å². The molecule has 0 saturated heterocycles. The van der Waals surface area contributed by atoms with Gasteiger partial charge in [0.1, 0.15) is 18.2 Å². The van der Waals surface area contributed by atoms with Gasteiger partial charge in [0, 0.05) is 12.1 Å². The zero-order valence-electron chi connectivity index (χ0n) is 14.7. The van der Waals surface area contributed by atoms with Crippen molar-refractivity contribution in [1.29, 1.82) is 5.26 Å². The van der Waals surface area contributed by atoms with E-state index in [0.717, 1.165) is 5.56 Å². The molecule has 0 aliphatic carbocycles. The smallest absolute Gasteiger partial charge is 0.269 e. The van der Waals surface area contributed by atoms with Gasteiger partial charge in [-0.3, -0.25) is 10.1 Å². The van der Waals surface area contributed by atoms with E-state index in [-0.39, 0.29) is 12.3 Å². The van der Waals surface area contributed by atoms with Gasteiger partial charge in [-0.2, -0.15) is 5.26 Å². The van der Waals surface area contributed by atoms with Crippen LogP contribution in [0.3, 0.4) is 0 Å². The molecule has 0 saturated carbocycles. The highest BCUT2D eigenvalue weighted by Gasteiger charge is 2.06. The molecule has 3 aromatic carbocycles. The van der Waals surface area contributed by atoms with Gasteiger partial charge in [-0.25, -0.2) is 4.39 Å². The predicted molar refractivity (Wildman–Crippen MR) is 104 cm³/mol. The molecule has 5 nitrogen and oxygen atoms in total. The standard InChI is InChI=1S/C22H15FN2O3/c23-20-5-2-4-18(13-20)19(14-24)11-16-7-9-22(10-8-16)28-15-17-3-1-6-21(12-17)25(26)27/h1-13H,15H2/b19-11-. The van der Waals surface area contributed by atoms with Gasteiger partial charge in [-0.05, 0) is 47.0 Å². The van der Waals surface area contributed by atoms with Crippen LogP contribution in [0.1, 0.15) is 16.7 Å². The summed E-state index contributed by atoms with van der Waals surface area (Å²) >= 11 is 0. The molecular formula is C22H15FN2O3. The largest absolute Gasteiger partial charge is 0.489 e. The fourth-order valence-corrected chi connectivity index (χ4v) is 2.59. The maximum absolute atomic E-state index is 13.4. The minimum Gasteiger partial charge on any atom is -0.489 e. The molecular weight excluding hydrogens is 359 g/mol. The molecule has 0 aliphatic heterocycles. The molecule has 0 heterocycles. The topological polar surface area (TPSA) is 76.2 Å². The summed E-state index contributed by atoms with van der Waals surface area (Å²) in [5.74, 6) is 0.191. The maximum Gasteiger partial charge on any atom is 0.269 e. The van der Waals surface area contributed by atoms with Crippen molar-refractivity contribution in [2.24, 2.45) is 0 Å². The molecule has 0 amide bonds. The van der Waals surface area contributed by atoms with Gasteiger partial charge in [-0.1, -0.05) is 36.4 Å². The van der Waals surface area contributed by atoms with E-state index >= 15 is 0 Å². The van der Waals surface area contributed by atoms with Crippen LogP contribution in [-0.2, 0) is 6.61 Å². The number of benzene rings is 3. The molecule has 3 rings (SSSR count). The summed E-state index contributed by atoms with van der Waals surface area (Å²) in [6, 6.07) is 21.2. The van der Waals surface area contributed by atoms with Crippen molar-refractivity contribution in [3.8, 4) is 11.8 Å². The Hall–Kier alpha value is -3.98. The van der Waals surface area contributed by atoms with Crippen molar-refractivity contribution in [1.82, 2.24) is 0 Å². The highest BCUT2D eigenvalue weighted by molar-refractivity contribution is 5.89. The number of rotatable bonds is 6. The van der Waals surface area contributed by atoms with Gasteiger partial charge in [0.15, 0.2) is 0 Å². The molecule has 0 radical (unpaired) electrons. The van der Waals surface area contributed by atoms with E-state index in [1.54, 1.807) is 54.6 Å². The Kier molecular flexibility index (Phi) is 5.78. The van der Waals surface area contributed by atoms with Gasteiger partial charge in [0.25, 0.3) is 5.69 Å². The van der Waals surface area contributed by atoms with Gasteiger partial charge < -0.3 is 4.74 Å². The number of allylic oxidation sites excluding steroid dienone is 1. The van der Waals surface area contributed by atoms with Crippen LogP contribution < -0.4 is 4.74 Å². The van der Waals surface area contributed by atoms with Crippen molar-refractivity contribution >= 4 is 17.3 Å². The highest BCUT2D eigenvalue weighted by atomic mass is 19.1. The lowest BCUT2D eigenvalue weighted by Crippen LogP contribution is -1.96. The van der Waals surface area contributed by atoms with Crippen LogP contribution in [0.25, 0.3) is 11.6 Å². The minimum absolute atomic E-state index is 0.0166. The molecule has 0 aromatic heterocycles. The third-order valence-corrected chi connectivity index (χ3v) is 3.97. The van der Waals surface area contributed by atoms with E-state index in [4.69, 9.17) is 4.74 Å². The number of hydrogen-bond donors (Lipinski definition) is 0. The second-order valence-electron chi connectivity index (χ2n) is 5.96. The van der Waals surface area contributed by atoms with Crippen LogP contribution in [0, 0.1) is 27.3 Å².